The normalized spacial score (nSPS) is 18.8. The van der Waals surface area contributed by atoms with E-state index >= 15 is 0 Å². The number of terminal acetylenes is 1. The first-order chi connectivity index (χ1) is 8.75. The maximum Gasteiger partial charge on any atom is 0.0357 e. The van der Waals surface area contributed by atoms with Gasteiger partial charge in [-0.3, -0.25) is 4.90 Å². The number of hydrogen-bond donors (Lipinski definition) is 1. The van der Waals surface area contributed by atoms with Crippen LogP contribution in [0.5, 0.6) is 0 Å². The van der Waals surface area contributed by atoms with Gasteiger partial charge in [-0.1, -0.05) is 13.8 Å². The Hall–Kier alpha value is -0.520. The summed E-state index contributed by atoms with van der Waals surface area (Å²) in [4.78, 5) is 2.73. The Labute approximate surface area is 114 Å². The molecule has 0 aliphatic carbocycles. The van der Waals surface area contributed by atoms with Crippen LogP contribution in [0.1, 0.15) is 58.8 Å². The highest BCUT2D eigenvalue weighted by Crippen LogP contribution is 2.33. The van der Waals surface area contributed by atoms with Crippen LogP contribution in [0, 0.1) is 12.3 Å². The lowest BCUT2D eigenvalue weighted by Crippen LogP contribution is -2.59. The zero-order valence-electron chi connectivity index (χ0n) is 12.5. The number of unbranched alkanes of at least 4 members (excludes halogenated alkanes) is 1. The number of hydrogen-bond acceptors (Lipinski definition) is 2. The highest BCUT2D eigenvalue weighted by atomic mass is 15.2. The molecule has 1 aliphatic heterocycles. The molecule has 0 radical (unpaired) electrons. The molecule has 0 spiro atoms. The van der Waals surface area contributed by atoms with Gasteiger partial charge in [0.15, 0.2) is 0 Å². The fourth-order valence-corrected chi connectivity index (χ4v) is 3.66. The lowest BCUT2D eigenvalue weighted by molar-refractivity contribution is 0.0610. The molecule has 1 N–H and O–H groups in total. The topological polar surface area (TPSA) is 15.3 Å². The summed E-state index contributed by atoms with van der Waals surface area (Å²) in [6, 6.07) is 0.568. The molecule has 18 heavy (non-hydrogen) atoms. The van der Waals surface area contributed by atoms with E-state index in [0.29, 0.717) is 11.6 Å². The molecule has 0 aromatic carbocycles. The quantitative estimate of drug-likeness (QED) is 0.526. The predicted molar refractivity (Wildman–Crippen MR) is 79.7 cm³/mol. The monoisotopic (exact) mass is 250 g/mol. The molecule has 1 rings (SSSR count). The van der Waals surface area contributed by atoms with Crippen LogP contribution in [0.3, 0.4) is 0 Å². The number of nitrogens with zero attached hydrogens (tertiary/aromatic N) is 1. The Bertz CT molecular complexity index is 257. The smallest absolute Gasteiger partial charge is 0.0357 e. The molecule has 1 fully saturated rings. The minimum atomic E-state index is 0.333. The number of likely N-dealkylation sites (tertiary alicyclic amines) is 1. The summed E-state index contributed by atoms with van der Waals surface area (Å²) in [5.41, 5.74) is 0.333. The summed E-state index contributed by atoms with van der Waals surface area (Å²) >= 11 is 0. The van der Waals surface area contributed by atoms with Crippen LogP contribution in [0.2, 0.25) is 0 Å². The van der Waals surface area contributed by atoms with Crippen molar-refractivity contribution in [3.05, 3.63) is 0 Å². The average Bonchev–Trinajstić information content (AvgIpc) is 2.93. The van der Waals surface area contributed by atoms with E-state index < -0.39 is 0 Å². The summed E-state index contributed by atoms with van der Waals surface area (Å²) < 4.78 is 0. The first-order valence-electron chi connectivity index (χ1n) is 7.61. The van der Waals surface area contributed by atoms with Crippen LogP contribution < -0.4 is 5.32 Å². The number of rotatable bonds is 8. The lowest BCUT2D eigenvalue weighted by atomic mass is 9.80. The van der Waals surface area contributed by atoms with E-state index in [1.165, 1.54) is 45.2 Å². The summed E-state index contributed by atoms with van der Waals surface area (Å²) in [6.45, 7) is 7.23. The lowest BCUT2D eigenvalue weighted by Gasteiger charge is -2.47. The molecular weight excluding hydrogens is 220 g/mol. The van der Waals surface area contributed by atoms with E-state index in [-0.39, 0.29) is 0 Å². The molecule has 1 unspecified atom stereocenters. The SMILES string of the molecule is C#CCCCC(NC)C(CC)(CC)N1CCCC1. The minimum absolute atomic E-state index is 0.333. The van der Waals surface area contributed by atoms with E-state index in [9.17, 15) is 0 Å². The van der Waals surface area contributed by atoms with Gasteiger partial charge in [-0.25, -0.2) is 0 Å². The molecule has 2 heteroatoms. The summed E-state index contributed by atoms with van der Waals surface area (Å²) in [6.07, 6.45) is 13.8. The van der Waals surface area contributed by atoms with Gasteiger partial charge in [-0.2, -0.15) is 0 Å². The van der Waals surface area contributed by atoms with Gasteiger partial charge in [-0.15, -0.1) is 12.3 Å². The maximum absolute atomic E-state index is 5.37. The van der Waals surface area contributed by atoms with E-state index in [0.717, 1.165) is 12.8 Å². The van der Waals surface area contributed by atoms with E-state index in [1.807, 2.05) is 0 Å². The van der Waals surface area contributed by atoms with Crippen molar-refractivity contribution in [3.8, 4) is 12.3 Å². The Kier molecular flexibility index (Phi) is 6.75. The van der Waals surface area contributed by atoms with E-state index in [4.69, 9.17) is 6.42 Å². The van der Waals surface area contributed by atoms with Crippen LogP contribution >= 0.6 is 0 Å². The summed E-state index contributed by atoms with van der Waals surface area (Å²) in [5.74, 6) is 2.76. The number of nitrogens with one attached hydrogen (secondary N) is 1. The molecule has 0 aromatic rings. The van der Waals surface area contributed by atoms with Gasteiger partial charge in [0.1, 0.15) is 0 Å². The van der Waals surface area contributed by atoms with Gasteiger partial charge in [-0.05, 0) is 58.7 Å². The Morgan fingerprint density at radius 1 is 1.28 bits per heavy atom. The Morgan fingerprint density at radius 3 is 2.33 bits per heavy atom. The second-order valence-electron chi connectivity index (χ2n) is 5.44. The van der Waals surface area contributed by atoms with Crippen molar-refractivity contribution in [2.75, 3.05) is 20.1 Å². The van der Waals surface area contributed by atoms with Crippen LogP contribution in [-0.2, 0) is 0 Å². The van der Waals surface area contributed by atoms with Gasteiger partial charge < -0.3 is 5.32 Å². The molecule has 0 saturated carbocycles. The van der Waals surface area contributed by atoms with Crippen molar-refractivity contribution in [1.82, 2.24) is 10.2 Å². The molecule has 0 amide bonds. The van der Waals surface area contributed by atoms with Gasteiger partial charge in [0.25, 0.3) is 0 Å². The second-order valence-corrected chi connectivity index (χ2v) is 5.44. The minimum Gasteiger partial charge on any atom is -0.315 e. The van der Waals surface area contributed by atoms with Crippen molar-refractivity contribution in [3.63, 3.8) is 0 Å². The highest BCUT2D eigenvalue weighted by Gasteiger charge is 2.40. The van der Waals surface area contributed by atoms with Gasteiger partial charge in [0, 0.05) is 18.0 Å². The van der Waals surface area contributed by atoms with Crippen LogP contribution in [0.25, 0.3) is 0 Å². The maximum atomic E-state index is 5.37. The third-order valence-corrected chi connectivity index (χ3v) is 4.77. The van der Waals surface area contributed by atoms with Gasteiger partial charge in [0.05, 0.1) is 0 Å². The van der Waals surface area contributed by atoms with Crippen LogP contribution in [0.15, 0.2) is 0 Å². The third-order valence-electron chi connectivity index (χ3n) is 4.77. The summed E-state index contributed by atoms with van der Waals surface area (Å²) in [5, 5.41) is 3.57. The van der Waals surface area contributed by atoms with E-state index in [2.05, 4.69) is 37.0 Å². The van der Waals surface area contributed by atoms with Crippen molar-refractivity contribution in [2.24, 2.45) is 0 Å². The molecule has 0 aromatic heterocycles. The second kappa shape index (κ2) is 7.81. The van der Waals surface area contributed by atoms with Gasteiger partial charge in [0.2, 0.25) is 0 Å². The predicted octanol–water partition coefficient (Wildman–Crippen LogP) is 3.03. The molecule has 0 bridgehead atoms. The fraction of sp³-hybridized carbons (Fsp3) is 0.875. The molecule has 104 valence electrons. The Morgan fingerprint density at radius 2 is 1.89 bits per heavy atom. The van der Waals surface area contributed by atoms with Crippen LogP contribution in [0.4, 0.5) is 0 Å². The van der Waals surface area contributed by atoms with Crippen molar-refractivity contribution < 1.29 is 0 Å². The highest BCUT2D eigenvalue weighted by molar-refractivity contribution is 5.00. The molecule has 2 nitrogen and oxygen atoms in total. The summed E-state index contributed by atoms with van der Waals surface area (Å²) in [7, 11) is 2.11. The molecule has 1 aliphatic rings. The fourth-order valence-electron chi connectivity index (χ4n) is 3.66. The van der Waals surface area contributed by atoms with Crippen LogP contribution in [-0.4, -0.2) is 36.6 Å². The molecule has 1 heterocycles. The molecular formula is C16H30N2. The van der Waals surface area contributed by atoms with E-state index in [1.54, 1.807) is 0 Å². The third kappa shape index (κ3) is 3.28. The number of likely N-dealkylation sites (N-methyl/N-ethyl adjacent to an activating group) is 1. The molecule has 1 atom stereocenters. The van der Waals surface area contributed by atoms with Crippen molar-refractivity contribution in [1.29, 1.82) is 0 Å². The van der Waals surface area contributed by atoms with Crippen molar-refractivity contribution in [2.45, 2.75) is 70.4 Å². The zero-order chi connectivity index (χ0) is 13.4. The first-order valence-corrected chi connectivity index (χ1v) is 7.61. The molecule has 1 saturated heterocycles. The average molecular weight is 250 g/mol. The first kappa shape index (κ1) is 15.5. The Balaban J connectivity index is 2.75. The standard InChI is InChI=1S/C16H30N2/c1-5-8-9-12-15(17-4)16(6-2,7-3)18-13-10-11-14-18/h1,15,17H,6-14H2,2-4H3. The van der Waals surface area contributed by atoms with Crippen molar-refractivity contribution >= 4 is 0 Å². The van der Waals surface area contributed by atoms with Gasteiger partial charge >= 0.3 is 0 Å². The zero-order valence-corrected chi connectivity index (χ0v) is 12.5. The largest absolute Gasteiger partial charge is 0.315 e.